The largest absolute Gasteiger partial charge is 0.398 e. The van der Waals surface area contributed by atoms with Crippen molar-refractivity contribution in [1.82, 2.24) is 16.0 Å². The van der Waals surface area contributed by atoms with Gasteiger partial charge in [0, 0.05) is 36.6 Å². The van der Waals surface area contributed by atoms with Crippen molar-refractivity contribution in [1.29, 1.82) is 5.26 Å². The summed E-state index contributed by atoms with van der Waals surface area (Å²) in [6.07, 6.45) is 3.26. The molecule has 32 heavy (non-hydrogen) atoms. The lowest BCUT2D eigenvalue weighted by Crippen LogP contribution is -2.40. The van der Waals surface area contributed by atoms with Crippen LogP contribution in [0.2, 0.25) is 0 Å². The van der Waals surface area contributed by atoms with Gasteiger partial charge in [-0.15, -0.1) is 0 Å². The number of nitrogens with one attached hydrogen (secondary N) is 3. The highest BCUT2D eigenvalue weighted by atomic mass is 16.2. The van der Waals surface area contributed by atoms with Crippen LogP contribution in [-0.2, 0) is 21.7 Å². The van der Waals surface area contributed by atoms with Crippen LogP contribution < -0.4 is 21.7 Å². The maximum Gasteiger partial charge on any atom is 0.310 e. The first-order chi connectivity index (χ1) is 15.4. The predicted octanol–water partition coefficient (Wildman–Crippen LogP) is 0.993. The first-order valence-corrected chi connectivity index (χ1v) is 10.1. The van der Waals surface area contributed by atoms with Crippen LogP contribution >= 0.6 is 0 Å². The van der Waals surface area contributed by atoms with Gasteiger partial charge in [-0.05, 0) is 36.1 Å². The summed E-state index contributed by atoms with van der Waals surface area (Å²) in [5, 5.41) is 16.2. The number of anilines is 1. The number of nitrogen functional groups attached to an aromatic ring is 1. The molecule has 0 aromatic heterocycles. The molecule has 1 aliphatic rings. The number of benzene rings is 2. The van der Waals surface area contributed by atoms with Crippen molar-refractivity contribution in [3.8, 4) is 6.07 Å². The highest BCUT2D eigenvalue weighted by Crippen LogP contribution is 2.46. The summed E-state index contributed by atoms with van der Waals surface area (Å²) in [5.41, 5.74) is 8.94. The average molecular weight is 432 g/mol. The number of hydrogen-bond donors (Lipinski definition) is 4. The van der Waals surface area contributed by atoms with Crippen LogP contribution in [0, 0.1) is 11.3 Å². The van der Waals surface area contributed by atoms with Crippen LogP contribution in [0.1, 0.15) is 39.9 Å². The Balaban J connectivity index is 1.71. The molecule has 164 valence electrons. The van der Waals surface area contributed by atoms with Gasteiger partial charge < -0.3 is 21.7 Å². The minimum absolute atomic E-state index is 0.00655. The lowest BCUT2D eigenvalue weighted by molar-refractivity contribution is -0.139. The Hall–Kier alpha value is -4.19. The Bertz CT molecular complexity index is 1110. The van der Waals surface area contributed by atoms with Gasteiger partial charge in [-0.3, -0.25) is 19.4 Å². The molecule has 0 spiro atoms. The molecule has 3 rings (SSSR count). The van der Waals surface area contributed by atoms with Gasteiger partial charge in [-0.1, -0.05) is 30.3 Å². The highest BCUT2D eigenvalue weighted by Gasteiger charge is 2.46. The zero-order valence-electron chi connectivity index (χ0n) is 17.6. The molecule has 0 aliphatic heterocycles. The fraction of sp³-hybridized carbons (Fsp3) is 0.261. The maximum absolute atomic E-state index is 13.1. The molecule has 3 amide bonds. The van der Waals surface area contributed by atoms with E-state index in [0.717, 1.165) is 24.0 Å². The zero-order chi connectivity index (χ0) is 23.1. The van der Waals surface area contributed by atoms with Crippen LogP contribution in [0.3, 0.4) is 0 Å². The second kappa shape index (κ2) is 9.75. The minimum atomic E-state index is -0.903. The van der Waals surface area contributed by atoms with E-state index in [0.29, 0.717) is 16.8 Å². The Morgan fingerprint density at radius 2 is 1.88 bits per heavy atom. The van der Waals surface area contributed by atoms with Gasteiger partial charge in [-0.2, -0.15) is 5.26 Å². The number of amides is 3. The summed E-state index contributed by atoms with van der Waals surface area (Å²) in [5.74, 6) is -2.06. The lowest BCUT2D eigenvalue weighted by Gasteiger charge is -2.20. The molecular weight excluding hydrogens is 408 g/mol. The van der Waals surface area contributed by atoms with E-state index in [-0.39, 0.29) is 19.0 Å². The van der Waals surface area contributed by atoms with Gasteiger partial charge in [0.05, 0.1) is 11.6 Å². The monoisotopic (exact) mass is 432 g/mol. The normalized spacial score (nSPS) is 13.8. The summed E-state index contributed by atoms with van der Waals surface area (Å²) in [6.45, 7) is -0.266. The number of hydrogen-bond acceptors (Lipinski definition) is 6. The Labute approximate surface area is 185 Å². The van der Waals surface area contributed by atoms with E-state index >= 15 is 0 Å². The summed E-state index contributed by atoms with van der Waals surface area (Å²) in [4.78, 5) is 40.6. The highest BCUT2D eigenvalue weighted by molar-refractivity contribution is 6.35. The Kier molecular flexibility index (Phi) is 6.85. The molecule has 2 aromatic rings. The van der Waals surface area contributed by atoms with Crippen molar-refractivity contribution in [2.24, 2.45) is 4.99 Å². The second-order valence-electron chi connectivity index (χ2n) is 7.45. The van der Waals surface area contributed by atoms with Crippen LogP contribution in [0.15, 0.2) is 47.5 Å². The van der Waals surface area contributed by atoms with Gasteiger partial charge in [0.2, 0.25) is 0 Å². The third-order valence-corrected chi connectivity index (χ3v) is 5.25. The lowest BCUT2D eigenvalue weighted by atomic mass is 10.00. The fourth-order valence-electron chi connectivity index (χ4n) is 3.38. The molecule has 9 nitrogen and oxygen atoms in total. The number of nitrogens with zero attached hydrogens (tertiary/aromatic N) is 2. The van der Waals surface area contributed by atoms with E-state index in [9.17, 15) is 14.4 Å². The predicted molar refractivity (Wildman–Crippen MR) is 120 cm³/mol. The molecule has 1 aliphatic carbocycles. The third-order valence-electron chi connectivity index (χ3n) is 5.25. The quantitative estimate of drug-likeness (QED) is 0.223. The summed E-state index contributed by atoms with van der Waals surface area (Å²) < 4.78 is 0. The van der Waals surface area contributed by atoms with E-state index in [1.54, 1.807) is 43.6 Å². The molecule has 0 unspecified atom stereocenters. The smallest absolute Gasteiger partial charge is 0.310 e. The first-order valence-electron chi connectivity index (χ1n) is 10.1. The second-order valence-corrected chi connectivity index (χ2v) is 7.45. The molecule has 0 saturated heterocycles. The van der Waals surface area contributed by atoms with E-state index < -0.39 is 17.4 Å². The van der Waals surface area contributed by atoms with Crippen molar-refractivity contribution in [2.75, 3.05) is 19.3 Å². The zero-order valence-corrected chi connectivity index (χ0v) is 17.6. The third kappa shape index (κ3) is 5.10. The molecule has 0 radical (unpaired) electrons. The van der Waals surface area contributed by atoms with Crippen LogP contribution in [0.4, 0.5) is 5.69 Å². The molecule has 5 N–H and O–H groups in total. The number of nitrogens with two attached hydrogens (primary N) is 1. The maximum atomic E-state index is 13.1. The van der Waals surface area contributed by atoms with E-state index in [2.05, 4.69) is 20.9 Å². The van der Waals surface area contributed by atoms with E-state index in [1.165, 1.54) is 0 Å². The van der Waals surface area contributed by atoms with Crippen LogP contribution in [0.25, 0.3) is 0 Å². The topological polar surface area (TPSA) is 149 Å². The molecule has 0 bridgehead atoms. The number of carbonyl (C=O) groups is 3. The van der Waals surface area contributed by atoms with E-state index in [1.807, 2.05) is 18.2 Å². The molecular formula is C23H24N6O3. The fourth-order valence-corrected chi connectivity index (χ4v) is 3.38. The minimum Gasteiger partial charge on any atom is -0.398 e. The Morgan fingerprint density at radius 1 is 1.16 bits per heavy atom. The van der Waals surface area contributed by atoms with Crippen molar-refractivity contribution in [2.45, 2.75) is 24.9 Å². The standard InChI is InChI=1S/C23H24N6O3/c1-26-13-16-6-7-17(12-19(16)25)23(8-9-23)29-20(30)18-5-3-2-4-15(18)14-28-22(32)21(31)27-11-10-24/h2-7,12-13H,8-9,11,14,25H2,1H3,(H,27,31)(H,28,32)(H,29,30). The van der Waals surface area contributed by atoms with Gasteiger partial charge in [0.25, 0.3) is 5.91 Å². The van der Waals surface area contributed by atoms with Crippen molar-refractivity contribution >= 4 is 29.6 Å². The number of carbonyl (C=O) groups excluding carboxylic acids is 3. The molecule has 1 saturated carbocycles. The number of aliphatic imine (C=N–C) groups is 1. The first kappa shape index (κ1) is 22.5. The summed E-state index contributed by atoms with van der Waals surface area (Å²) >= 11 is 0. The summed E-state index contributed by atoms with van der Waals surface area (Å²) in [7, 11) is 1.68. The average Bonchev–Trinajstić information content (AvgIpc) is 3.57. The number of nitriles is 1. The van der Waals surface area contributed by atoms with Gasteiger partial charge in [0.15, 0.2) is 0 Å². The van der Waals surface area contributed by atoms with Crippen molar-refractivity contribution < 1.29 is 14.4 Å². The molecule has 0 heterocycles. The number of rotatable bonds is 7. The molecule has 0 atom stereocenters. The van der Waals surface area contributed by atoms with Gasteiger partial charge in [-0.25, -0.2) is 0 Å². The van der Waals surface area contributed by atoms with Crippen LogP contribution in [-0.4, -0.2) is 37.5 Å². The van der Waals surface area contributed by atoms with E-state index in [4.69, 9.17) is 11.0 Å². The molecule has 2 aromatic carbocycles. The van der Waals surface area contributed by atoms with Crippen molar-refractivity contribution in [3.63, 3.8) is 0 Å². The van der Waals surface area contributed by atoms with Crippen molar-refractivity contribution in [3.05, 3.63) is 64.7 Å². The molecule has 9 heteroatoms. The summed E-state index contributed by atoms with van der Waals surface area (Å²) in [6, 6.07) is 14.3. The molecule has 1 fully saturated rings. The van der Waals surface area contributed by atoms with Gasteiger partial charge in [0.1, 0.15) is 6.54 Å². The van der Waals surface area contributed by atoms with Gasteiger partial charge >= 0.3 is 11.8 Å². The van der Waals surface area contributed by atoms with Crippen LogP contribution in [0.5, 0.6) is 0 Å². The SMILES string of the molecule is CN=Cc1ccc(C2(NC(=O)c3ccccc3CNC(=O)C(=O)NCC#N)CC2)cc1N. The Morgan fingerprint density at radius 3 is 2.53 bits per heavy atom.